The topological polar surface area (TPSA) is 120 Å². The number of benzene rings is 1. The number of carbonyl (C=O) groups excluding carboxylic acids is 1. The molecule has 0 radical (unpaired) electrons. The summed E-state index contributed by atoms with van der Waals surface area (Å²) in [6.45, 7) is 4.86. The van der Waals surface area contributed by atoms with Crippen molar-refractivity contribution in [3.05, 3.63) is 65.9 Å². The number of nitrogens with zero attached hydrogens (tertiary/aromatic N) is 7. The number of fused-ring (bicyclic) bond motifs is 1. The van der Waals surface area contributed by atoms with E-state index in [-0.39, 0.29) is 5.91 Å². The number of carbonyl (C=O) groups is 1. The average Bonchev–Trinajstić information content (AvgIpc) is 3.31. The molecule has 1 amide bonds. The molecule has 11 nitrogen and oxygen atoms in total. The van der Waals surface area contributed by atoms with Crippen molar-refractivity contribution in [1.29, 1.82) is 0 Å². The summed E-state index contributed by atoms with van der Waals surface area (Å²) in [7, 11) is 1.57. The van der Waals surface area contributed by atoms with Crippen molar-refractivity contribution in [2.75, 3.05) is 46.5 Å². The summed E-state index contributed by atoms with van der Waals surface area (Å²) in [6, 6.07) is 11.3. The van der Waals surface area contributed by atoms with Crippen LogP contribution in [0.2, 0.25) is 0 Å². The fourth-order valence-electron chi connectivity index (χ4n) is 3.85. The minimum absolute atomic E-state index is 0.265. The van der Waals surface area contributed by atoms with Crippen molar-refractivity contribution in [1.82, 2.24) is 40.0 Å². The normalized spacial score (nSPS) is 14.2. The van der Waals surface area contributed by atoms with Gasteiger partial charge in [-0.2, -0.15) is 9.61 Å². The summed E-state index contributed by atoms with van der Waals surface area (Å²) in [4.78, 5) is 23.2. The van der Waals surface area contributed by atoms with Gasteiger partial charge >= 0.3 is 0 Å². The third-order valence-electron chi connectivity index (χ3n) is 5.74. The summed E-state index contributed by atoms with van der Waals surface area (Å²) in [6.07, 6.45) is 3.89. The van der Waals surface area contributed by atoms with E-state index in [2.05, 4.69) is 35.5 Å². The van der Waals surface area contributed by atoms with Gasteiger partial charge < -0.3 is 14.8 Å². The molecule has 1 aliphatic rings. The molecule has 1 N–H and O–H groups in total. The fraction of sp³-hybridized carbons (Fsp3) is 0.333. The number of rotatable bonds is 8. The van der Waals surface area contributed by atoms with Crippen molar-refractivity contribution < 1.29 is 14.3 Å². The van der Waals surface area contributed by atoms with Crippen LogP contribution in [0.25, 0.3) is 17.0 Å². The number of aromatic nitrogens is 6. The zero-order chi connectivity index (χ0) is 24.0. The summed E-state index contributed by atoms with van der Waals surface area (Å²) in [5, 5.41) is 15.4. The number of morpholine rings is 1. The molecular formula is C24H26N8O3. The predicted molar refractivity (Wildman–Crippen MR) is 127 cm³/mol. The van der Waals surface area contributed by atoms with Crippen LogP contribution in [0.1, 0.15) is 21.9 Å². The zero-order valence-corrected chi connectivity index (χ0v) is 19.4. The molecule has 4 aromatic rings. The third kappa shape index (κ3) is 5.42. The van der Waals surface area contributed by atoms with Crippen molar-refractivity contribution in [3.8, 4) is 17.1 Å². The lowest BCUT2D eigenvalue weighted by Gasteiger charge is -2.26. The Kier molecular flexibility index (Phi) is 6.87. The second-order valence-electron chi connectivity index (χ2n) is 8.11. The Morgan fingerprint density at radius 2 is 1.94 bits per heavy atom. The number of hydrogen-bond acceptors (Lipinski definition) is 9. The van der Waals surface area contributed by atoms with Crippen LogP contribution in [-0.2, 0) is 11.2 Å². The Hall–Kier alpha value is -3.96. The highest BCUT2D eigenvalue weighted by Crippen LogP contribution is 2.20. The van der Waals surface area contributed by atoms with Crippen LogP contribution in [0.15, 0.2) is 48.8 Å². The predicted octanol–water partition coefficient (Wildman–Crippen LogP) is 1.24. The zero-order valence-electron chi connectivity index (χ0n) is 19.4. The lowest BCUT2D eigenvalue weighted by Crippen LogP contribution is -2.38. The SMILES string of the molecule is CNC(=O)c1ccc2nnc(Cc3cccc(-c4ncc(OCCN5CCOCC5)cn4)c3)n2n1. The lowest BCUT2D eigenvalue weighted by molar-refractivity contribution is 0.0322. The van der Waals surface area contributed by atoms with Gasteiger partial charge in [-0.05, 0) is 23.8 Å². The average molecular weight is 475 g/mol. The molecule has 1 aromatic carbocycles. The van der Waals surface area contributed by atoms with Crippen LogP contribution >= 0.6 is 0 Å². The van der Waals surface area contributed by atoms with Gasteiger partial charge in [-0.1, -0.05) is 18.2 Å². The Morgan fingerprint density at radius 1 is 1.11 bits per heavy atom. The first-order valence-electron chi connectivity index (χ1n) is 11.5. The molecule has 1 fully saturated rings. The van der Waals surface area contributed by atoms with E-state index in [1.165, 1.54) is 0 Å². The van der Waals surface area contributed by atoms with Crippen LogP contribution in [0.5, 0.6) is 5.75 Å². The standard InChI is InChI=1S/C24H26N8O3/c1-25-24(33)20-5-6-21-28-29-22(32(21)30-20)14-17-3-2-4-18(13-17)23-26-15-19(16-27-23)35-12-9-31-7-10-34-11-8-31/h2-6,13,15-16H,7-12,14H2,1H3,(H,25,33). The molecule has 1 saturated heterocycles. The van der Waals surface area contributed by atoms with E-state index >= 15 is 0 Å². The minimum Gasteiger partial charge on any atom is -0.489 e. The van der Waals surface area contributed by atoms with Crippen LogP contribution in [-0.4, -0.2) is 87.1 Å². The first-order valence-corrected chi connectivity index (χ1v) is 11.5. The first kappa shape index (κ1) is 22.8. The molecular weight excluding hydrogens is 448 g/mol. The van der Waals surface area contributed by atoms with Gasteiger partial charge in [0.2, 0.25) is 0 Å². The minimum atomic E-state index is -0.265. The van der Waals surface area contributed by atoms with E-state index in [4.69, 9.17) is 9.47 Å². The molecule has 5 rings (SSSR count). The second-order valence-corrected chi connectivity index (χ2v) is 8.11. The fourth-order valence-corrected chi connectivity index (χ4v) is 3.85. The van der Waals surface area contributed by atoms with Crippen molar-refractivity contribution in [3.63, 3.8) is 0 Å². The number of nitrogens with one attached hydrogen (secondary N) is 1. The summed E-state index contributed by atoms with van der Waals surface area (Å²) in [5.74, 6) is 1.62. The molecule has 0 saturated carbocycles. The maximum absolute atomic E-state index is 11.9. The molecule has 11 heteroatoms. The molecule has 0 aliphatic carbocycles. The van der Waals surface area contributed by atoms with Gasteiger partial charge in [-0.3, -0.25) is 9.69 Å². The third-order valence-corrected chi connectivity index (χ3v) is 5.74. The van der Waals surface area contributed by atoms with E-state index in [9.17, 15) is 4.79 Å². The maximum Gasteiger partial charge on any atom is 0.271 e. The van der Waals surface area contributed by atoms with Crippen molar-refractivity contribution >= 4 is 11.6 Å². The molecule has 35 heavy (non-hydrogen) atoms. The van der Waals surface area contributed by atoms with Gasteiger partial charge in [0.15, 0.2) is 23.0 Å². The Balaban J connectivity index is 1.25. The van der Waals surface area contributed by atoms with Gasteiger partial charge in [0.05, 0.1) is 25.6 Å². The second kappa shape index (κ2) is 10.5. The van der Waals surface area contributed by atoms with Crippen LogP contribution < -0.4 is 10.1 Å². The molecule has 0 spiro atoms. The molecule has 0 unspecified atom stereocenters. The molecule has 0 bridgehead atoms. The highest BCUT2D eigenvalue weighted by Gasteiger charge is 2.13. The Bertz CT molecular complexity index is 1300. The molecule has 3 aromatic heterocycles. The lowest BCUT2D eigenvalue weighted by atomic mass is 10.1. The maximum atomic E-state index is 11.9. The van der Waals surface area contributed by atoms with Crippen LogP contribution in [0, 0.1) is 0 Å². The van der Waals surface area contributed by atoms with Gasteiger partial charge in [0, 0.05) is 38.7 Å². The van der Waals surface area contributed by atoms with E-state index < -0.39 is 0 Å². The van der Waals surface area contributed by atoms with Crippen LogP contribution in [0.3, 0.4) is 0 Å². The summed E-state index contributed by atoms with van der Waals surface area (Å²) < 4.78 is 12.8. The van der Waals surface area contributed by atoms with Gasteiger partial charge in [0.1, 0.15) is 12.3 Å². The van der Waals surface area contributed by atoms with Crippen molar-refractivity contribution in [2.45, 2.75) is 6.42 Å². The molecule has 1 aliphatic heterocycles. The molecule has 0 atom stereocenters. The van der Waals surface area contributed by atoms with Gasteiger partial charge in [0.25, 0.3) is 5.91 Å². The van der Waals surface area contributed by atoms with Gasteiger partial charge in [-0.25, -0.2) is 9.97 Å². The van der Waals surface area contributed by atoms with Crippen molar-refractivity contribution in [2.24, 2.45) is 0 Å². The van der Waals surface area contributed by atoms with Gasteiger partial charge in [-0.15, -0.1) is 10.2 Å². The molecule has 4 heterocycles. The first-order chi connectivity index (χ1) is 17.2. The molecule has 180 valence electrons. The highest BCUT2D eigenvalue weighted by molar-refractivity contribution is 5.92. The largest absolute Gasteiger partial charge is 0.489 e. The van der Waals surface area contributed by atoms with E-state index in [0.29, 0.717) is 41.8 Å². The van der Waals surface area contributed by atoms with Crippen LogP contribution in [0.4, 0.5) is 0 Å². The Morgan fingerprint density at radius 3 is 2.74 bits per heavy atom. The quantitative estimate of drug-likeness (QED) is 0.402. The van der Waals surface area contributed by atoms with E-state index in [0.717, 1.165) is 44.0 Å². The Labute approximate surface area is 202 Å². The summed E-state index contributed by atoms with van der Waals surface area (Å²) >= 11 is 0. The van der Waals surface area contributed by atoms with E-state index in [1.807, 2.05) is 24.3 Å². The van der Waals surface area contributed by atoms with E-state index in [1.54, 1.807) is 36.1 Å². The monoisotopic (exact) mass is 474 g/mol. The number of amides is 1. The smallest absolute Gasteiger partial charge is 0.271 e. The number of hydrogen-bond donors (Lipinski definition) is 1. The highest BCUT2D eigenvalue weighted by atomic mass is 16.5. The summed E-state index contributed by atoms with van der Waals surface area (Å²) in [5.41, 5.74) is 2.76. The number of ether oxygens (including phenoxy) is 2.